The predicted octanol–water partition coefficient (Wildman–Crippen LogP) is 2.36. The first-order valence-electron chi connectivity index (χ1n) is 3.98. The molecule has 12 heavy (non-hydrogen) atoms. The van der Waals surface area contributed by atoms with Gasteiger partial charge in [0.2, 0.25) is 0 Å². The summed E-state index contributed by atoms with van der Waals surface area (Å²) in [5, 5.41) is 0. The van der Waals surface area contributed by atoms with Crippen molar-refractivity contribution in [2.75, 3.05) is 0 Å². The molecule has 0 spiro atoms. The van der Waals surface area contributed by atoms with Crippen LogP contribution in [0.5, 0.6) is 0 Å². The lowest BCUT2D eigenvalue weighted by molar-refractivity contribution is 0.585. The number of nitrogens with zero attached hydrogens (tertiary/aromatic N) is 1. The lowest BCUT2D eigenvalue weighted by Gasteiger charge is -2.19. The number of hydrogen-bond acceptors (Lipinski definition) is 1. The summed E-state index contributed by atoms with van der Waals surface area (Å²) in [4.78, 5) is 4.13. The molecule has 0 saturated carbocycles. The van der Waals surface area contributed by atoms with Gasteiger partial charge in [0.15, 0.2) is 0 Å². The van der Waals surface area contributed by atoms with Crippen molar-refractivity contribution >= 4 is 0 Å². The van der Waals surface area contributed by atoms with Gasteiger partial charge in [-0.2, -0.15) is 0 Å². The largest absolute Gasteiger partial charge is 0.247 e. The van der Waals surface area contributed by atoms with Gasteiger partial charge in [0.25, 0.3) is 0 Å². The van der Waals surface area contributed by atoms with Crippen LogP contribution in [-0.2, 0) is 5.41 Å². The molecule has 0 N–H and O–H groups in total. The van der Waals surface area contributed by atoms with Crippen LogP contribution in [0.25, 0.3) is 0 Å². The average Bonchev–Trinajstić information content (AvgIpc) is 2.03. The Hall–Kier alpha value is -1.29. The van der Waals surface area contributed by atoms with Gasteiger partial charge in [-0.3, -0.25) is 0 Å². The highest BCUT2D eigenvalue weighted by molar-refractivity contribution is 5.37. The van der Waals surface area contributed by atoms with Crippen molar-refractivity contribution in [3.63, 3.8) is 0 Å². The normalized spacial score (nSPS) is 10.8. The van der Waals surface area contributed by atoms with E-state index in [9.17, 15) is 0 Å². The van der Waals surface area contributed by atoms with Crippen LogP contribution in [0.3, 0.4) is 0 Å². The maximum Gasteiger partial charge on any atom is 0.116 e. The minimum Gasteiger partial charge on any atom is -0.247 e. The highest BCUT2D eigenvalue weighted by Crippen LogP contribution is 2.23. The molecule has 0 fully saturated rings. The minimum absolute atomic E-state index is 0.0793. The van der Waals surface area contributed by atoms with Gasteiger partial charge in [-0.25, -0.2) is 4.98 Å². The minimum atomic E-state index is 0.0793. The van der Waals surface area contributed by atoms with Gasteiger partial charge in [0.05, 0.1) is 0 Å². The molecule has 0 saturated heterocycles. The molecule has 0 aromatic carbocycles. The molecule has 1 heterocycles. The fraction of sp³-hybridized carbons (Fsp3) is 0.364. The summed E-state index contributed by atoms with van der Waals surface area (Å²) >= 11 is 0. The van der Waals surface area contributed by atoms with Crippen LogP contribution in [0, 0.1) is 12.3 Å². The number of aromatic nitrogens is 1. The molecule has 0 aliphatic heterocycles. The molecule has 0 amide bonds. The first-order chi connectivity index (χ1) is 5.55. The standard InChI is InChI=1S/C11H13N/c1-5-10-9(11(2,3)4)7-6-8-12-10/h1,6-8H,2-4H3. The van der Waals surface area contributed by atoms with Gasteiger partial charge < -0.3 is 0 Å². The molecular formula is C11H13N. The molecule has 0 atom stereocenters. The zero-order chi connectivity index (χ0) is 9.19. The smallest absolute Gasteiger partial charge is 0.116 e. The molecule has 1 nitrogen and oxygen atoms in total. The van der Waals surface area contributed by atoms with E-state index in [1.54, 1.807) is 6.20 Å². The number of terminal acetylenes is 1. The molecule has 62 valence electrons. The SMILES string of the molecule is C#Cc1ncccc1C(C)(C)C. The second-order valence-corrected chi connectivity index (χ2v) is 3.79. The van der Waals surface area contributed by atoms with Crippen LogP contribution in [-0.4, -0.2) is 4.98 Å². The maximum absolute atomic E-state index is 5.33. The molecule has 1 aromatic heterocycles. The van der Waals surface area contributed by atoms with E-state index in [0.717, 1.165) is 11.3 Å². The van der Waals surface area contributed by atoms with Crippen LogP contribution >= 0.6 is 0 Å². The van der Waals surface area contributed by atoms with Gasteiger partial charge >= 0.3 is 0 Å². The predicted molar refractivity (Wildman–Crippen MR) is 50.9 cm³/mol. The van der Waals surface area contributed by atoms with Crippen LogP contribution in [0.15, 0.2) is 18.3 Å². The van der Waals surface area contributed by atoms with Gasteiger partial charge in [-0.1, -0.05) is 26.8 Å². The van der Waals surface area contributed by atoms with Gasteiger partial charge in [-0.05, 0) is 23.0 Å². The third kappa shape index (κ3) is 1.65. The molecule has 0 bridgehead atoms. The van der Waals surface area contributed by atoms with E-state index in [1.807, 2.05) is 12.1 Å². The van der Waals surface area contributed by atoms with Crippen molar-refractivity contribution < 1.29 is 0 Å². The fourth-order valence-electron chi connectivity index (χ4n) is 1.13. The quantitative estimate of drug-likeness (QED) is 0.529. The number of hydrogen-bond donors (Lipinski definition) is 0. The second kappa shape index (κ2) is 2.98. The third-order valence-corrected chi connectivity index (χ3v) is 1.75. The molecular weight excluding hydrogens is 146 g/mol. The van der Waals surface area contributed by atoms with Crippen LogP contribution in [0.4, 0.5) is 0 Å². The molecule has 0 aliphatic carbocycles. The van der Waals surface area contributed by atoms with Crippen LogP contribution in [0.2, 0.25) is 0 Å². The van der Waals surface area contributed by atoms with Crippen molar-refractivity contribution in [3.05, 3.63) is 29.6 Å². The topological polar surface area (TPSA) is 12.9 Å². The molecule has 0 radical (unpaired) electrons. The molecule has 0 aliphatic rings. The third-order valence-electron chi connectivity index (χ3n) is 1.75. The Morgan fingerprint density at radius 3 is 2.50 bits per heavy atom. The zero-order valence-corrected chi connectivity index (χ0v) is 7.76. The zero-order valence-electron chi connectivity index (χ0n) is 7.76. The number of pyridine rings is 1. The molecule has 1 heteroatoms. The Labute approximate surface area is 73.8 Å². The van der Waals surface area contributed by atoms with Crippen molar-refractivity contribution in [3.8, 4) is 12.3 Å². The second-order valence-electron chi connectivity index (χ2n) is 3.79. The van der Waals surface area contributed by atoms with E-state index in [-0.39, 0.29) is 5.41 Å². The van der Waals surface area contributed by atoms with Crippen molar-refractivity contribution in [1.29, 1.82) is 0 Å². The van der Waals surface area contributed by atoms with E-state index < -0.39 is 0 Å². The molecule has 0 unspecified atom stereocenters. The summed E-state index contributed by atoms with van der Waals surface area (Å²) in [5.41, 5.74) is 1.97. The first-order valence-corrected chi connectivity index (χ1v) is 3.98. The van der Waals surface area contributed by atoms with E-state index in [4.69, 9.17) is 6.42 Å². The van der Waals surface area contributed by atoms with E-state index in [2.05, 4.69) is 31.7 Å². The van der Waals surface area contributed by atoms with Gasteiger partial charge in [0, 0.05) is 6.20 Å². The Balaban J connectivity index is 3.26. The Morgan fingerprint density at radius 1 is 1.42 bits per heavy atom. The number of rotatable bonds is 0. The lowest BCUT2D eigenvalue weighted by Crippen LogP contribution is -2.13. The summed E-state index contributed by atoms with van der Waals surface area (Å²) < 4.78 is 0. The van der Waals surface area contributed by atoms with Gasteiger partial charge in [0.1, 0.15) is 5.69 Å². The van der Waals surface area contributed by atoms with E-state index >= 15 is 0 Å². The Morgan fingerprint density at radius 2 is 2.08 bits per heavy atom. The van der Waals surface area contributed by atoms with Crippen molar-refractivity contribution in [2.24, 2.45) is 0 Å². The van der Waals surface area contributed by atoms with Crippen LogP contribution in [0.1, 0.15) is 32.0 Å². The van der Waals surface area contributed by atoms with E-state index in [1.165, 1.54) is 0 Å². The summed E-state index contributed by atoms with van der Waals surface area (Å²) in [6.45, 7) is 6.39. The maximum atomic E-state index is 5.33. The highest BCUT2D eigenvalue weighted by Gasteiger charge is 2.16. The summed E-state index contributed by atoms with van der Waals surface area (Å²) in [6.07, 6.45) is 7.06. The fourth-order valence-corrected chi connectivity index (χ4v) is 1.13. The molecule has 1 aromatic rings. The first kappa shape index (κ1) is 8.80. The lowest BCUT2D eigenvalue weighted by atomic mass is 9.86. The molecule has 1 rings (SSSR count). The van der Waals surface area contributed by atoms with Crippen LogP contribution < -0.4 is 0 Å². The monoisotopic (exact) mass is 159 g/mol. The highest BCUT2D eigenvalue weighted by atomic mass is 14.7. The van der Waals surface area contributed by atoms with Gasteiger partial charge in [-0.15, -0.1) is 6.42 Å². The van der Waals surface area contributed by atoms with Crippen molar-refractivity contribution in [1.82, 2.24) is 4.98 Å². The average molecular weight is 159 g/mol. The Kier molecular flexibility index (Phi) is 2.19. The summed E-state index contributed by atoms with van der Waals surface area (Å²) in [6, 6.07) is 3.95. The summed E-state index contributed by atoms with van der Waals surface area (Å²) in [5.74, 6) is 2.59. The van der Waals surface area contributed by atoms with E-state index in [0.29, 0.717) is 0 Å². The van der Waals surface area contributed by atoms with Crippen molar-refractivity contribution in [2.45, 2.75) is 26.2 Å². The summed E-state index contributed by atoms with van der Waals surface area (Å²) in [7, 11) is 0. The Bertz CT molecular complexity index is 313.